The number of aryl methyl sites for hydroxylation is 1. The van der Waals surface area contributed by atoms with Gasteiger partial charge in [-0.25, -0.2) is 4.79 Å². The van der Waals surface area contributed by atoms with Gasteiger partial charge in [-0.15, -0.1) is 0 Å². The predicted octanol–water partition coefficient (Wildman–Crippen LogP) is 5.16. The lowest BCUT2D eigenvalue weighted by Crippen LogP contribution is -2.54. The molecule has 4 rings (SSSR count). The van der Waals surface area contributed by atoms with Gasteiger partial charge in [0.25, 0.3) is 0 Å². The maximum absolute atomic E-state index is 13.4. The third-order valence-electron chi connectivity index (χ3n) is 7.10. The second kappa shape index (κ2) is 10.2. The molecule has 0 radical (unpaired) electrons. The van der Waals surface area contributed by atoms with Crippen molar-refractivity contribution in [3.8, 4) is 11.1 Å². The van der Waals surface area contributed by atoms with E-state index in [0.29, 0.717) is 19.4 Å². The number of nitrogens with one attached hydrogen (secondary N) is 1. The van der Waals surface area contributed by atoms with Crippen LogP contribution < -0.4 is 10.9 Å². The Hall–Kier alpha value is -3.87. The molecule has 1 aliphatic heterocycles. The van der Waals surface area contributed by atoms with Gasteiger partial charge in [0.05, 0.1) is 6.04 Å². The minimum absolute atomic E-state index is 0.0513. The smallest absolute Gasteiger partial charge is 0.411 e. The number of amides is 2. The number of hydrogen-bond donors (Lipinski definition) is 1. The van der Waals surface area contributed by atoms with Crippen LogP contribution in [0.5, 0.6) is 0 Å². The van der Waals surface area contributed by atoms with Crippen molar-refractivity contribution in [2.24, 2.45) is 7.05 Å². The molecule has 0 spiro atoms. The molecule has 0 saturated carbocycles. The molecule has 7 nitrogen and oxygen atoms in total. The minimum Gasteiger partial charge on any atom is -0.438 e. The van der Waals surface area contributed by atoms with E-state index in [-0.39, 0.29) is 23.6 Å². The van der Waals surface area contributed by atoms with E-state index in [0.717, 1.165) is 22.3 Å². The highest BCUT2D eigenvalue weighted by Gasteiger charge is 2.46. The average Bonchev–Trinajstić information content (AvgIpc) is 2.85. The van der Waals surface area contributed by atoms with Crippen molar-refractivity contribution >= 4 is 12.0 Å². The third-order valence-corrected chi connectivity index (χ3v) is 7.10. The lowest BCUT2D eigenvalue weighted by Gasteiger charge is -2.46. The van der Waals surface area contributed by atoms with Crippen LogP contribution in [-0.4, -0.2) is 33.6 Å². The normalized spacial score (nSPS) is 18.7. The van der Waals surface area contributed by atoms with Crippen LogP contribution in [0, 0.1) is 0 Å². The Morgan fingerprint density at radius 1 is 1.03 bits per heavy atom. The third kappa shape index (κ3) is 5.77. The standard InChI is InChI=1S/C30H35N3O4/c1-21(23-11-13-24(14-12-23)25-15-16-27(35)32(5)19-25)33-18-17-30(37-28(33)36,26-9-7-6-8-10-26)20-29(3,4)31-22(2)34/h6-16,19,21H,17-18,20H2,1-5H3,(H,31,34)/t21-,30?/m0/s1. The van der Waals surface area contributed by atoms with Gasteiger partial charge in [-0.3, -0.25) is 9.59 Å². The van der Waals surface area contributed by atoms with Crippen LogP contribution in [-0.2, 0) is 22.2 Å². The number of pyridine rings is 1. The summed E-state index contributed by atoms with van der Waals surface area (Å²) in [5.41, 5.74) is 2.42. The number of carbonyl (C=O) groups excluding carboxylic acids is 2. The maximum atomic E-state index is 13.4. The monoisotopic (exact) mass is 501 g/mol. The summed E-state index contributed by atoms with van der Waals surface area (Å²) in [5, 5.41) is 3.00. The first-order chi connectivity index (χ1) is 17.5. The number of carbonyl (C=O) groups is 2. The van der Waals surface area contributed by atoms with E-state index < -0.39 is 11.1 Å². The minimum atomic E-state index is -0.840. The Morgan fingerprint density at radius 3 is 2.27 bits per heavy atom. The highest BCUT2D eigenvalue weighted by Crippen LogP contribution is 2.42. The van der Waals surface area contributed by atoms with Gasteiger partial charge in [-0.05, 0) is 49.1 Å². The summed E-state index contributed by atoms with van der Waals surface area (Å²) in [6.07, 6.45) is 2.51. The molecule has 1 unspecified atom stereocenters. The van der Waals surface area contributed by atoms with E-state index in [1.54, 1.807) is 22.6 Å². The van der Waals surface area contributed by atoms with Crippen molar-refractivity contribution in [3.05, 3.63) is 94.4 Å². The van der Waals surface area contributed by atoms with E-state index in [2.05, 4.69) is 5.32 Å². The Morgan fingerprint density at radius 2 is 1.68 bits per heavy atom. The zero-order valence-corrected chi connectivity index (χ0v) is 22.2. The molecule has 1 aromatic heterocycles. The average molecular weight is 502 g/mol. The molecule has 7 heteroatoms. The summed E-state index contributed by atoms with van der Waals surface area (Å²) < 4.78 is 7.81. The summed E-state index contributed by atoms with van der Waals surface area (Å²) in [7, 11) is 1.73. The Balaban J connectivity index is 1.55. The van der Waals surface area contributed by atoms with Crippen LogP contribution in [0.25, 0.3) is 11.1 Å². The molecule has 0 aliphatic carbocycles. The number of aromatic nitrogens is 1. The van der Waals surface area contributed by atoms with Gasteiger partial charge in [0, 0.05) is 51.2 Å². The quantitative estimate of drug-likeness (QED) is 0.485. The predicted molar refractivity (Wildman–Crippen MR) is 144 cm³/mol. The van der Waals surface area contributed by atoms with E-state index in [4.69, 9.17) is 4.74 Å². The molecule has 1 fully saturated rings. The molecule has 1 N–H and O–H groups in total. The highest BCUT2D eigenvalue weighted by molar-refractivity contribution is 5.74. The van der Waals surface area contributed by atoms with Crippen LogP contribution >= 0.6 is 0 Å². The summed E-state index contributed by atoms with van der Waals surface area (Å²) >= 11 is 0. The summed E-state index contributed by atoms with van der Waals surface area (Å²) in [6, 6.07) is 21.0. The molecule has 1 saturated heterocycles. The molecule has 194 valence electrons. The molecular formula is C30H35N3O4. The van der Waals surface area contributed by atoms with Crippen molar-refractivity contribution < 1.29 is 14.3 Å². The summed E-state index contributed by atoms with van der Waals surface area (Å²) in [4.78, 5) is 38.7. The summed E-state index contributed by atoms with van der Waals surface area (Å²) in [6.45, 7) is 7.92. The summed E-state index contributed by atoms with van der Waals surface area (Å²) in [5.74, 6) is -0.119. The van der Waals surface area contributed by atoms with E-state index in [1.807, 2.05) is 87.6 Å². The van der Waals surface area contributed by atoms with Crippen molar-refractivity contribution in [2.45, 2.75) is 57.7 Å². The first-order valence-electron chi connectivity index (χ1n) is 12.6. The first kappa shape index (κ1) is 26.2. The number of nitrogens with zero attached hydrogens (tertiary/aromatic N) is 2. The molecule has 2 atom stereocenters. The molecule has 2 heterocycles. The lowest BCUT2D eigenvalue weighted by molar-refractivity contribution is -0.122. The van der Waals surface area contributed by atoms with Crippen molar-refractivity contribution in [3.63, 3.8) is 0 Å². The van der Waals surface area contributed by atoms with E-state index in [1.165, 1.54) is 6.92 Å². The van der Waals surface area contributed by atoms with Crippen LogP contribution in [0.2, 0.25) is 0 Å². The maximum Gasteiger partial charge on any atom is 0.411 e. The van der Waals surface area contributed by atoms with Crippen LogP contribution in [0.1, 0.15) is 57.7 Å². The second-order valence-electron chi connectivity index (χ2n) is 10.6. The molecule has 0 bridgehead atoms. The van der Waals surface area contributed by atoms with Gasteiger partial charge in [-0.1, -0.05) is 54.6 Å². The number of ether oxygens (including phenoxy) is 1. The Bertz CT molecular complexity index is 1330. The Kier molecular flexibility index (Phi) is 7.25. The van der Waals surface area contributed by atoms with Crippen LogP contribution in [0.4, 0.5) is 4.79 Å². The molecule has 1 aliphatic rings. The van der Waals surface area contributed by atoms with Crippen LogP contribution in [0.3, 0.4) is 0 Å². The van der Waals surface area contributed by atoms with Crippen molar-refractivity contribution in [1.82, 2.24) is 14.8 Å². The molecular weight excluding hydrogens is 466 g/mol. The van der Waals surface area contributed by atoms with Gasteiger partial charge in [0.2, 0.25) is 11.5 Å². The lowest BCUT2D eigenvalue weighted by atomic mass is 9.78. The highest BCUT2D eigenvalue weighted by atomic mass is 16.6. The fourth-order valence-corrected chi connectivity index (χ4v) is 5.33. The fraction of sp³-hybridized carbons (Fsp3) is 0.367. The first-order valence-corrected chi connectivity index (χ1v) is 12.6. The molecule has 3 aromatic rings. The topological polar surface area (TPSA) is 80.6 Å². The SMILES string of the molecule is CC(=O)NC(C)(C)CC1(c2ccccc2)CCN([C@@H](C)c2ccc(-c3ccc(=O)n(C)c3)cc2)C(=O)O1. The largest absolute Gasteiger partial charge is 0.438 e. The zero-order valence-electron chi connectivity index (χ0n) is 22.2. The van der Waals surface area contributed by atoms with Gasteiger partial charge in [0.1, 0.15) is 5.60 Å². The van der Waals surface area contributed by atoms with E-state index >= 15 is 0 Å². The van der Waals surface area contributed by atoms with Gasteiger partial charge >= 0.3 is 6.09 Å². The molecule has 2 amide bonds. The van der Waals surface area contributed by atoms with Gasteiger partial charge < -0.3 is 19.5 Å². The van der Waals surface area contributed by atoms with Crippen molar-refractivity contribution in [2.75, 3.05) is 6.54 Å². The van der Waals surface area contributed by atoms with Crippen LogP contribution in [0.15, 0.2) is 77.7 Å². The number of benzene rings is 2. The second-order valence-corrected chi connectivity index (χ2v) is 10.6. The molecule has 37 heavy (non-hydrogen) atoms. The van der Waals surface area contributed by atoms with Crippen molar-refractivity contribution in [1.29, 1.82) is 0 Å². The van der Waals surface area contributed by atoms with Gasteiger partial charge in [0.15, 0.2) is 0 Å². The van der Waals surface area contributed by atoms with E-state index in [9.17, 15) is 14.4 Å². The number of rotatable bonds is 7. The number of cyclic esters (lactones) is 1. The Labute approximate surface area is 218 Å². The fourth-order valence-electron chi connectivity index (χ4n) is 5.33. The molecule has 2 aromatic carbocycles. The zero-order chi connectivity index (χ0) is 26.8. The van der Waals surface area contributed by atoms with Gasteiger partial charge in [-0.2, -0.15) is 0 Å². The number of hydrogen-bond acceptors (Lipinski definition) is 4.